The van der Waals surface area contributed by atoms with Crippen molar-refractivity contribution in [2.75, 3.05) is 5.73 Å². The molecule has 0 aliphatic heterocycles. The molecule has 1 aliphatic rings. The largest absolute Gasteiger partial charge is 0.398 e. The SMILES string of the molecule is CC(NC(=O)c1cc(F)ccc1N)C1CCC1. The molecule has 0 spiro atoms. The van der Waals surface area contributed by atoms with Crippen LogP contribution in [0.25, 0.3) is 0 Å². The Morgan fingerprint density at radius 2 is 2.24 bits per heavy atom. The Kier molecular flexibility index (Phi) is 3.31. The fourth-order valence-corrected chi connectivity index (χ4v) is 2.07. The summed E-state index contributed by atoms with van der Waals surface area (Å²) in [5, 5.41) is 2.88. The standard InChI is InChI=1S/C13H17FN2O/c1-8(9-3-2-4-9)16-13(17)11-7-10(14)5-6-12(11)15/h5-9H,2-4,15H2,1H3,(H,16,17). The van der Waals surface area contributed by atoms with Crippen LogP contribution in [0.5, 0.6) is 0 Å². The average Bonchev–Trinajstić information content (AvgIpc) is 2.18. The second-order valence-corrected chi connectivity index (χ2v) is 4.68. The molecule has 4 heteroatoms. The molecule has 0 radical (unpaired) electrons. The van der Waals surface area contributed by atoms with E-state index in [0.717, 1.165) is 12.8 Å². The summed E-state index contributed by atoms with van der Waals surface area (Å²) in [6.07, 6.45) is 3.53. The second kappa shape index (κ2) is 4.73. The van der Waals surface area contributed by atoms with Crippen molar-refractivity contribution >= 4 is 11.6 Å². The van der Waals surface area contributed by atoms with Crippen LogP contribution in [0.15, 0.2) is 18.2 Å². The van der Waals surface area contributed by atoms with Crippen molar-refractivity contribution in [3.8, 4) is 0 Å². The van der Waals surface area contributed by atoms with E-state index in [2.05, 4.69) is 5.32 Å². The number of halogens is 1. The van der Waals surface area contributed by atoms with Crippen molar-refractivity contribution < 1.29 is 9.18 Å². The maximum Gasteiger partial charge on any atom is 0.253 e. The van der Waals surface area contributed by atoms with Crippen molar-refractivity contribution in [2.24, 2.45) is 5.92 Å². The van der Waals surface area contributed by atoms with Gasteiger partial charge in [-0.05, 0) is 43.9 Å². The number of rotatable bonds is 3. The zero-order chi connectivity index (χ0) is 12.4. The molecule has 1 aliphatic carbocycles. The van der Waals surface area contributed by atoms with Gasteiger partial charge in [-0.15, -0.1) is 0 Å². The molecule has 0 bridgehead atoms. The van der Waals surface area contributed by atoms with Crippen LogP contribution in [-0.4, -0.2) is 11.9 Å². The number of hydrogen-bond donors (Lipinski definition) is 2. The van der Waals surface area contributed by atoms with Crippen molar-refractivity contribution in [1.82, 2.24) is 5.32 Å². The molecule has 1 amide bonds. The minimum Gasteiger partial charge on any atom is -0.398 e. The lowest BCUT2D eigenvalue weighted by Crippen LogP contribution is -2.40. The molecule has 3 N–H and O–H groups in total. The number of nitrogens with two attached hydrogens (primary N) is 1. The van der Waals surface area contributed by atoms with Gasteiger partial charge in [-0.3, -0.25) is 4.79 Å². The molecule has 0 heterocycles. The lowest BCUT2D eigenvalue weighted by molar-refractivity contribution is 0.0910. The number of carbonyl (C=O) groups is 1. The molecule has 0 aromatic heterocycles. The molecular formula is C13H17FN2O. The number of nitrogen functional groups attached to an aromatic ring is 1. The normalized spacial score (nSPS) is 17.3. The summed E-state index contributed by atoms with van der Waals surface area (Å²) in [5.41, 5.74) is 6.19. The van der Waals surface area contributed by atoms with Crippen LogP contribution in [0.4, 0.5) is 10.1 Å². The highest BCUT2D eigenvalue weighted by Gasteiger charge is 2.25. The number of nitrogens with one attached hydrogen (secondary N) is 1. The molecule has 3 nitrogen and oxygen atoms in total. The van der Waals surface area contributed by atoms with Crippen LogP contribution in [0, 0.1) is 11.7 Å². The summed E-state index contributed by atoms with van der Waals surface area (Å²) < 4.78 is 13.0. The summed E-state index contributed by atoms with van der Waals surface area (Å²) in [6, 6.07) is 3.97. The molecule has 1 fully saturated rings. The van der Waals surface area contributed by atoms with E-state index < -0.39 is 5.82 Å². The highest BCUT2D eigenvalue weighted by atomic mass is 19.1. The van der Waals surface area contributed by atoms with Gasteiger partial charge in [-0.2, -0.15) is 0 Å². The zero-order valence-electron chi connectivity index (χ0n) is 9.87. The van der Waals surface area contributed by atoms with Gasteiger partial charge in [-0.25, -0.2) is 4.39 Å². The number of carbonyl (C=O) groups excluding carboxylic acids is 1. The summed E-state index contributed by atoms with van der Waals surface area (Å²) in [5.74, 6) is -0.184. The molecule has 0 saturated heterocycles. The zero-order valence-corrected chi connectivity index (χ0v) is 9.87. The Balaban J connectivity index is 2.05. The number of anilines is 1. The topological polar surface area (TPSA) is 55.1 Å². The van der Waals surface area contributed by atoms with E-state index in [-0.39, 0.29) is 17.5 Å². The molecule has 17 heavy (non-hydrogen) atoms. The first-order chi connectivity index (χ1) is 8.08. The van der Waals surface area contributed by atoms with Gasteiger partial charge < -0.3 is 11.1 Å². The van der Waals surface area contributed by atoms with Crippen molar-refractivity contribution in [3.63, 3.8) is 0 Å². The third-order valence-electron chi connectivity index (χ3n) is 3.48. The average molecular weight is 236 g/mol. The first kappa shape index (κ1) is 11.9. The summed E-state index contributed by atoms with van der Waals surface area (Å²) in [7, 11) is 0. The minimum atomic E-state index is -0.444. The molecule has 1 saturated carbocycles. The Labute approximate surface area is 100 Å². The fraction of sp³-hybridized carbons (Fsp3) is 0.462. The first-order valence-electron chi connectivity index (χ1n) is 5.94. The minimum absolute atomic E-state index is 0.124. The van der Waals surface area contributed by atoms with Gasteiger partial charge in [0.05, 0.1) is 5.56 Å². The maximum absolute atomic E-state index is 13.0. The van der Waals surface area contributed by atoms with Crippen LogP contribution in [-0.2, 0) is 0 Å². The third kappa shape index (κ3) is 2.57. The summed E-state index contributed by atoms with van der Waals surface area (Å²) in [6.45, 7) is 1.98. The lowest BCUT2D eigenvalue weighted by Gasteiger charge is -2.31. The predicted molar refractivity (Wildman–Crippen MR) is 65.1 cm³/mol. The van der Waals surface area contributed by atoms with Crippen LogP contribution in [0.1, 0.15) is 36.5 Å². The van der Waals surface area contributed by atoms with Crippen molar-refractivity contribution in [1.29, 1.82) is 0 Å². The van der Waals surface area contributed by atoms with Gasteiger partial charge in [0.25, 0.3) is 5.91 Å². The quantitative estimate of drug-likeness (QED) is 0.791. The summed E-state index contributed by atoms with van der Waals surface area (Å²) >= 11 is 0. The maximum atomic E-state index is 13.0. The predicted octanol–water partition coefficient (Wildman–Crippen LogP) is 2.33. The molecule has 92 valence electrons. The lowest BCUT2D eigenvalue weighted by atomic mass is 9.80. The Morgan fingerprint density at radius 3 is 2.82 bits per heavy atom. The Hall–Kier alpha value is -1.58. The molecule has 1 aromatic rings. The number of hydrogen-bond acceptors (Lipinski definition) is 2. The number of amides is 1. The summed E-state index contributed by atoms with van der Waals surface area (Å²) in [4.78, 5) is 11.9. The van der Waals surface area contributed by atoms with Gasteiger partial charge in [-0.1, -0.05) is 6.42 Å². The van der Waals surface area contributed by atoms with E-state index in [1.165, 1.54) is 24.6 Å². The molecular weight excluding hydrogens is 219 g/mol. The van der Waals surface area contributed by atoms with Crippen LogP contribution < -0.4 is 11.1 Å². The number of benzene rings is 1. The van der Waals surface area contributed by atoms with Gasteiger partial charge in [0.1, 0.15) is 5.82 Å². The van der Waals surface area contributed by atoms with E-state index in [9.17, 15) is 9.18 Å². The Morgan fingerprint density at radius 1 is 1.53 bits per heavy atom. The van der Waals surface area contributed by atoms with Crippen LogP contribution >= 0.6 is 0 Å². The monoisotopic (exact) mass is 236 g/mol. The van der Waals surface area contributed by atoms with Crippen LogP contribution in [0.3, 0.4) is 0 Å². The Bertz CT molecular complexity index is 429. The first-order valence-corrected chi connectivity index (χ1v) is 5.94. The highest BCUT2D eigenvalue weighted by molar-refractivity contribution is 5.99. The van der Waals surface area contributed by atoms with Crippen LogP contribution in [0.2, 0.25) is 0 Å². The smallest absolute Gasteiger partial charge is 0.253 e. The van der Waals surface area contributed by atoms with Gasteiger partial charge in [0, 0.05) is 11.7 Å². The molecule has 2 rings (SSSR count). The van der Waals surface area contributed by atoms with E-state index in [0.29, 0.717) is 11.6 Å². The van der Waals surface area contributed by atoms with E-state index in [4.69, 9.17) is 5.73 Å². The molecule has 1 atom stereocenters. The van der Waals surface area contributed by atoms with Crippen molar-refractivity contribution in [2.45, 2.75) is 32.2 Å². The third-order valence-corrected chi connectivity index (χ3v) is 3.48. The second-order valence-electron chi connectivity index (χ2n) is 4.68. The van der Waals surface area contributed by atoms with Gasteiger partial charge in [0.15, 0.2) is 0 Å². The molecule has 1 unspecified atom stereocenters. The van der Waals surface area contributed by atoms with Crippen molar-refractivity contribution in [3.05, 3.63) is 29.6 Å². The fourth-order valence-electron chi connectivity index (χ4n) is 2.07. The van der Waals surface area contributed by atoms with E-state index in [1.807, 2.05) is 6.92 Å². The molecule has 1 aromatic carbocycles. The van der Waals surface area contributed by atoms with E-state index >= 15 is 0 Å². The van der Waals surface area contributed by atoms with Gasteiger partial charge in [0.2, 0.25) is 0 Å². The highest BCUT2D eigenvalue weighted by Crippen LogP contribution is 2.29. The van der Waals surface area contributed by atoms with Gasteiger partial charge >= 0.3 is 0 Å². The van der Waals surface area contributed by atoms with E-state index in [1.54, 1.807) is 0 Å².